The monoisotopic (exact) mass is 269 g/mol. The largest absolute Gasteiger partial charge is 0.331 e. The quantitative estimate of drug-likeness (QED) is 0.850. The summed E-state index contributed by atoms with van der Waals surface area (Å²) in [6, 6.07) is 0.923. The molecule has 1 aliphatic rings. The molecule has 2 atom stereocenters. The summed E-state index contributed by atoms with van der Waals surface area (Å²) in [6.07, 6.45) is 2.20. The van der Waals surface area contributed by atoms with Crippen molar-refractivity contribution < 1.29 is 4.79 Å². The van der Waals surface area contributed by atoms with E-state index in [1.807, 2.05) is 14.1 Å². The molecule has 0 aromatic heterocycles. The first kappa shape index (κ1) is 16.3. The normalized spacial score (nSPS) is 24.1. The van der Waals surface area contributed by atoms with Crippen LogP contribution >= 0.6 is 0 Å². The molecule has 1 N–H and O–H groups in total. The summed E-state index contributed by atoms with van der Waals surface area (Å²) in [6.45, 7) is 10.7. The highest BCUT2D eigenvalue weighted by atomic mass is 16.2. The van der Waals surface area contributed by atoms with Crippen molar-refractivity contribution in [2.24, 2.45) is 11.8 Å². The van der Waals surface area contributed by atoms with Gasteiger partial charge in [0.25, 0.3) is 0 Å². The molecule has 0 aromatic rings. The Morgan fingerprint density at radius 2 is 1.79 bits per heavy atom. The van der Waals surface area contributed by atoms with Crippen LogP contribution in [0.2, 0.25) is 0 Å². The van der Waals surface area contributed by atoms with Gasteiger partial charge in [0, 0.05) is 39.3 Å². The Kier molecular flexibility index (Phi) is 6.11. The van der Waals surface area contributed by atoms with Gasteiger partial charge in [-0.25, -0.2) is 4.79 Å². The Morgan fingerprint density at radius 3 is 2.26 bits per heavy atom. The van der Waals surface area contributed by atoms with Crippen molar-refractivity contribution >= 4 is 6.03 Å². The molecule has 2 unspecified atom stereocenters. The first-order valence-electron chi connectivity index (χ1n) is 7.52. The van der Waals surface area contributed by atoms with E-state index in [0.29, 0.717) is 23.9 Å². The fourth-order valence-electron chi connectivity index (χ4n) is 2.84. The zero-order chi connectivity index (χ0) is 14.6. The van der Waals surface area contributed by atoms with E-state index in [2.05, 4.69) is 37.9 Å². The third kappa shape index (κ3) is 5.01. The molecule has 1 aliphatic heterocycles. The van der Waals surface area contributed by atoms with E-state index in [4.69, 9.17) is 0 Å². The second-order valence-electron chi connectivity index (χ2n) is 6.85. The molecule has 0 aromatic carbocycles. The van der Waals surface area contributed by atoms with Crippen LogP contribution in [0.3, 0.4) is 0 Å². The number of piperazine rings is 1. The predicted molar refractivity (Wildman–Crippen MR) is 80.3 cm³/mol. The summed E-state index contributed by atoms with van der Waals surface area (Å²) in [5.41, 5.74) is 0. The van der Waals surface area contributed by atoms with Crippen molar-refractivity contribution in [2.45, 2.75) is 52.6 Å². The zero-order valence-corrected chi connectivity index (χ0v) is 13.4. The predicted octanol–water partition coefficient (Wildman–Crippen LogP) is 2.40. The Balaban J connectivity index is 2.71. The van der Waals surface area contributed by atoms with Crippen LogP contribution in [0.15, 0.2) is 0 Å². The first-order valence-corrected chi connectivity index (χ1v) is 7.52. The van der Waals surface area contributed by atoms with E-state index in [9.17, 15) is 4.79 Å². The Labute approximate surface area is 118 Å². The summed E-state index contributed by atoms with van der Waals surface area (Å²) in [5, 5.41) is 3.62. The second-order valence-corrected chi connectivity index (χ2v) is 6.85. The van der Waals surface area contributed by atoms with Gasteiger partial charge >= 0.3 is 6.03 Å². The fourth-order valence-corrected chi connectivity index (χ4v) is 2.84. The van der Waals surface area contributed by atoms with Gasteiger partial charge in [-0.3, -0.25) is 0 Å². The van der Waals surface area contributed by atoms with Crippen LogP contribution in [0.25, 0.3) is 0 Å². The third-order valence-corrected chi connectivity index (χ3v) is 3.63. The van der Waals surface area contributed by atoms with Gasteiger partial charge in [0.2, 0.25) is 0 Å². The summed E-state index contributed by atoms with van der Waals surface area (Å²) in [4.78, 5) is 16.1. The van der Waals surface area contributed by atoms with Crippen LogP contribution in [0, 0.1) is 11.8 Å². The number of nitrogens with one attached hydrogen (secondary N) is 1. The molecule has 112 valence electrons. The van der Waals surface area contributed by atoms with Crippen LogP contribution in [-0.4, -0.2) is 55.1 Å². The van der Waals surface area contributed by atoms with Gasteiger partial charge in [0.05, 0.1) is 0 Å². The molecule has 1 rings (SSSR count). The molecule has 0 radical (unpaired) electrons. The van der Waals surface area contributed by atoms with E-state index in [-0.39, 0.29) is 6.03 Å². The Morgan fingerprint density at radius 1 is 1.21 bits per heavy atom. The molecule has 4 heteroatoms. The molecule has 1 fully saturated rings. The maximum Gasteiger partial charge on any atom is 0.319 e. The number of hydrogen-bond donors (Lipinski definition) is 1. The molecule has 0 saturated carbocycles. The number of amides is 2. The number of carbonyl (C=O) groups is 1. The average Bonchev–Trinajstić information content (AvgIpc) is 2.28. The zero-order valence-electron chi connectivity index (χ0n) is 13.4. The standard InChI is InChI=1S/C15H31N3O/c1-11(2)7-13-10-18(15(19)17(5)6)14(9-16-13)8-12(3)4/h11-14,16H,7-10H2,1-6H3. The Bertz CT molecular complexity index is 289. The number of rotatable bonds is 4. The van der Waals surface area contributed by atoms with Crippen molar-refractivity contribution in [3.8, 4) is 0 Å². The van der Waals surface area contributed by atoms with Gasteiger partial charge in [0.15, 0.2) is 0 Å². The van der Waals surface area contributed by atoms with E-state index in [0.717, 1.165) is 25.9 Å². The van der Waals surface area contributed by atoms with Crippen LogP contribution < -0.4 is 5.32 Å². The minimum atomic E-state index is 0.154. The van der Waals surface area contributed by atoms with Gasteiger partial charge in [0.1, 0.15) is 0 Å². The summed E-state index contributed by atoms with van der Waals surface area (Å²) >= 11 is 0. The molecule has 4 nitrogen and oxygen atoms in total. The fraction of sp³-hybridized carbons (Fsp3) is 0.933. The lowest BCUT2D eigenvalue weighted by Gasteiger charge is -2.42. The van der Waals surface area contributed by atoms with E-state index >= 15 is 0 Å². The van der Waals surface area contributed by atoms with Crippen LogP contribution in [0.1, 0.15) is 40.5 Å². The smallest absolute Gasteiger partial charge is 0.319 e. The van der Waals surface area contributed by atoms with Gasteiger partial charge in [-0.2, -0.15) is 0 Å². The number of urea groups is 1. The molecule has 19 heavy (non-hydrogen) atoms. The second kappa shape index (κ2) is 7.13. The third-order valence-electron chi connectivity index (χ3n) is 3.63. The van der Waals surface area contributed by atoms with Crippen molar-refractivity contribution in [3.63, 3.8) is 0 Å². The number of hydrogen-bond acceptors (Lipinski definition) is 2. The van der Waals surface area contributed by atoms with Crippen molar-refractivity contribution in [3.05, 3.63) is 0 Å². The summed E-state index contributed by atoms with van der Waals surface area (Å²) < 4.78 is 0. The minimum absolute atomic E-state index is 0.154. The molecule has 1 saturated heterocycles. The van der Waals surface area contributed by atoms with Gasteiger partial charge in [-0.15, -0.1) is 0 Å². The van der Waals surface area contributed by atoms with Gasteiger partial charge in [-0.1, -0.05) is 27.7 Å². The Hall–Kier alpha value is -0.770. The lowest BCUT2D eigenvalue weighted by molar-refractivity contribution is 0.105. The van der Waals surface area contributed by atoms with Gasteiger partial charge < -0.3 is 15.1 Å². The first-order chi connectivity index (χ1) is 8.81. The molecule has 1 heterocycles. The van der Waals surface area contributed by atoms with E-state index < -0.39 is 0 Å². The average molecular weight is 269 g/mol. The van der Waals surface area contributed by atoms with Gasteiger partial charge in [-0.05, 0) is 24.7 Å². The highest BCUT2D eigenvalue weighted by Gasteiger charge is 2.32. The highest BCUT2D eigenvalue weighted by molar-refractivity contribution is 5.74. The highest BCUT2D eigenvalue weighted by Crippen LogP contribution is 2.19. The van der Waals surface area contributed by atoms with Crippen molar-refractivity contribution in [1.29, 1.82) is 0 Å². The number of nitrogens with zero attached hydrogens (tertiary/aromatic N) is 2. The van der Waals surface area contributed by atoms with Crippen molar-refractivity contribution in [2.75, 3.05) is 27.2 Å². The molecule has 0 aliphatic carbocycles. The minimum Gasteiger partial charge on any atom is -0.331 e. The molecular weight excluding hydrogens is 238 g/mol. The SMILES string of the molecule is CC(C)CC1CN(C(=O)N(C)C)C(CC(C)C)CN1. The van der Waals surface area contributed by atoms with E-state index in [1.54, 1.807) is 4.90 Å². The summed E-state index contributed by atoms with van der Waals surface area (Å²) in [7, 11) is 3.68. The van der Waals surface area contributed by atoms with Crippen LogP contribution in [-0.2, 0) is 0 Å². The van der Waals surface area contributed by atoms with Crippen molar-refractivity contribution in [1.82, 2.24) is 15.1 Å². The van der Waals surface area contributed by atoms with Crippen LogP contribution in [0.5, 0.6) is 0 Å². The summed E-state index contributed by atoms with van der Waals surface area (Å²) in [5.74, 6) is 1.28. The molecule has 2 amide bonds. The lowest BCUT2D eigenvalue weighted by Crippen LogP contribution is -2.60. The number of carbonyl (C=O) groups excluding carboxylic acids is 1. The van der Waals surface area contributed by atoms with Crippen LogP contribution in [0.4, 0.5) is 4.79 Å². The molecular formula is C15H31N3O. The van der Waals surface area contributed by atoms with E-state index in [1.165, 1.54) is 0 Å². The topological polar surface area (TPSA) is 35.6 Å². The lowest BCUT2D eigenvalue weighted by atomic mass is 9.96. The maximum absolute atomic E-state index is 12.3. The molecule has 0 bridgehead atoms. The maximum atomic E-state index is 12.3. The molecule has 0 spiro atoms.